The molecule has 0 bridgehead atoms. The van der Waals surface area contributed by atoms with Gasteiger partial charge < -0.3 is 10.6 Å². The summed E-state index contributed by atoms with van der Waals surface area (Å²) < 4.78 is 1.99. The molecule has 0 aliphatic carbocycles. The Hall–Kier alpha value is -1.03. The predicted molar refractivity (Wildman–Crippen MR) is 54.9 cm³/mol. The fourth-order valence-corrected chi connectivity index (χ4v) is 1.29. The van der Waals surface area contributed by atoms with Crippen LogP contribution in [-0.4, -0.2) is 23.9 Å². The SMILES string of the molecule is CNCc1cc(NC)n(C(C)C)n1. The number of nitrogens with one attached hydrogen (secondary N) is 2. The van der Waals surface area contributed by atoms with Gasteiger partial charge >= 0.3 is 0 Å². The molecule has 74 valence electrons. The summed E-state index contributed by atoms with van der Waals surface area (Å²) >= 11 is 0. The predicted octanol–water partition coefficient (Wildman–Crippen LogP) is 1.23. The van der Waals surface area contributed by atoms with E-state index in [0.717, 1.165) is 18.1 Å². The van der Waals surface area contributed by atoms with Gasteiger partial charge in [-0.3, -0.25) is 0 Å². The molecule has 0 saturated carbocycles. The Balaban J connectivity index is 2.90. The number of anilines is 1. The number of aromatic nitrogens is 2. The summed E-state index contributed by atoms with van der Waals surface area (Å²) in [6.07, 6.45) is 0. The molecule has 1 aromatic rings. The molecule has 0 fully saturated rings. The van der Waals surface area contributed by atoms with E-state index in [9.17, 15) is 0 Å². The standard InChI is InChI=1S/C9H18N4/c1-7(2)13-9(11-4)5-8(12-13)6-10-3/h5,7,10-11H,6H2,1-4H3. The second kappa shape index (κ2) is 4.28. The van der Waals surface area contributed by atoms with E-state index in [1.807, 2.05) is 18.8 Å². The van der Waals surface area contributed by atoms with E-state index < -0.39 is 0 Å². The molecule has 13 heavy (non-hydrogen) atoms. The summed E-state index contributed by atoms with van der Waals surface area (Å²) in [6, 6.07) is 2.46. The Morgan fingerprint density at radius 2 is 2.15 bits per heavy atom. The van der Waals surface area contributed by atoms with Gasteiger partial charge in [0.1, 0.15) is 5.82 Å². The number of rotatable bonds is 4. The highest BCUT2D eigenvalue weighted by atomic mass is 15.3. The van der Waals surface area contributed by atoms with Crippen LogP contribution < -0.4 is 10.6 Å². The molecule has 1 aromatic heterocycles. The van der Waals surface area contributed by atoms with Crippen LogP contribution in [0.25, 0.3) is 0 Å². The number of nitrogens with zero attached hydrogens (tertiary/aromatic N) is 2. The van der Waals surface area contributed by atoms with Crippen LogP contribution in [0, 0.1) is 0 Å². The molecule has 4 heteroatoms. The molecule has 0 aliphatic heterocycles. The maximum atomic E-state index is 4.46. The first-order chi connectivity index (χ1) is 6.19. The Kier molecular flexibility index (Phi) is 3.31. The van der Waals surface area contributed by atoms with Gasteiger partial charge in [-0.05, 0) is 20.9 Å². The summed E-state index contributed by atoms with van der Waals surface area (Å²) in [4.78, 5) is 0. The third-order valence-electron chi connectivity index (χ3n) is 1.89. The van der Waals surface area contributed by atoms with Crippen molar-refractivity contribution in [1.29, 1.82) is 0 Å². The van der Waals surface area contributed by atoms with Crippen LogP contribution in [0.2, 0.25) is 0 Å². The first-order valence-corrected chi connectivity index (χ1v) is 4.59. The smallest absolute Gasteiger partial charge is 0.124 e. The van der Waals surface area contributed by atoms with Crippen molar-refractivity contribution < 1.29 is 0 Å². The summed E-state index contributed by atoms with van der Waals surface area (Å²) in [5, 5.41) is 10.7. The lowest BCUT2D eigenvalue weighted by Crippen LogP contribution is -2.09. The molecule has 0 unspecified atom stereocenters. The minimum absolute atomic E-state index is 0.396. The molecular formula is C9H18N4. The topological polar surface area (TPSA) is 41.9 Å². The molecule has 4 nitrogen and oxygen atoms in total. The van der Waals surface area contributed by atoms with E-state index in [-0.39, 0.29) is 0 Å². The van der Waals surface area contributed by atoms with Gasteiger partial charge in [0, 0.05) is 25.7 Å². The quantitative estimate of drug-likeness (QED) is 0.736. The number of hydrogen-bond acceptors (Lipinski definition) is 3. The van der Waals surface area contributed by atoms with Crippen molar-refractivity contribution in [3.05, 3.63) is 11.8 Å². The fourth-order valence-electron chi connectivity index (χ4n) is 1.29. The maximum absolute atomic E-state index is 4.46. The molecule has 0 aliphatic rings. The van der Waals surface area contributed by atoms with Crippen molar-refractivity contribution >= 4 is 5.82 Å². The Morgan fingerprint density at radius 1 is 1.46 bits per heavy atom. The molecule has 1 rings (SSSR count). The average molecular weight is 182 g/mol. The van der Waals surface area contributed by atoms with Crippen LogP contribution in [0.5, 0.6) is 0 Å². The van der Waals surface area contributed by atoms with Gasteiger partial charge in [0.15, 0.2) is 0 Å². The third-order valence-corrected chi connectivity index (χ3v) is 1.89. The summed E-state index contributed by atoms with van der Waals surface area (Å²) in [7, 11) is 3.84. The molecule has 0 spiro atoms. The fraction of sp³-hybridized carbons (Fsp3) is 0.667. The second-order valence-corrected chi connectivity index (χ2v) is 3.34. The molecule has 0 amide bonds. The van der Waals surface area contributed by atoms with E-state index in [1.165, 1.54) is 0 Å². The first kappa shape index (κ1) is 10.1. The second-order valence-electron chi connectivity index (χ2n) is 3.34. The highest BCUT2D eigenvalue weighted by Gasteiger charge is 2.07. The molecule has 0 radical (unpaired) electrons. The van der Waals surface area contributed by atoms with E-state index in [4.69, 9.17) is 0 Å². The third kappa shape index (κ3) is 2.21. The highest BCUT2D eigenvalue weighted by molar-refractivity contribution is 5.36. The minimum atomic E-state index is 0.396. The van der Waals surface area contributed by atoms with Crippen LogP contribution in [0.3, 0.4) is 0 Å². The van der Waals surface area contributed by atoms with E-state index >= 15 is 0 Å². The Labute approximate surface area is 79.3 Å². The van der Waals surface area contributed by atoms with Gasteiger partial charge in [0.05, 0.1) is 5.69 Å². The molecule has 0 aromatic carbocycles. The monoisotopic (exact) mass is 182 g/mol. The zero-order valence-electron chi connectivity index (χ0n) is 8.76. The lowest BCUT2D eigenvalue weighted by molar-refractivity contribution is 0.530. The van der Waals surface area contributed by atoms with Crippen molar-refractivity contribution in [1.82, 2.24) is 15.1 Å². The summed E-state index contributed by atoms with van der Waals surface area (Å²) in [6.45, 7) is 5.06. The summed E-state index contributed by atoms with van der Waals surface area (Å²) in [5.41, 5.74) is 1.07. The van der Waals surface area contributed by atoms with Crippen molar-refractivity contribution in [2.75, 3.05) is 19.4 Å². The molecule has 2 N–H and O–H groups in total. The zero-order valence-corrected chi connectivity index (χ0v) is 8.76. The first-order valence-electron chi connectivity index (χ1n) is 4.59. The normalized spacial score (nSPS) is 10.8. The maximum Gasteiger partial charge on any atom is 0.124 e. The van der Waals surface area contributed by atoms with E-state index in [0.29, 0.717) is 6.04 Å². The van der Waals surface area contributed by atoms with Gasteiger partial charge in [0.2, 0.25) is 0 Å². The Bertz CT molecular complexity index is 265. The van der Waals surface area contributed by atoms with Crippen LogP contribution in [0.4, 0.5) is 5.82 Å². The van der Waals surface area contributed by atoms with E-state index in [1.54, 1.807) is 0 Å². The van der Waals surface area contributed by atoms with Crippen molar-refractivity contribution in [2.45, 2.75) is 26.4 Å². The lowest BCUT2D eigenvalue weighted by atomic mass is 10.4. The van der Waals surface area contributed by atoms with Crippen LogP contribution in [-0.2, 0) is 6.54 Å². The molecule has 0 atom stereocenters. The van der Waals surface area contributed by atoms with Gasteiger partial charge in [-0.15, -0.1) is 0 Å². The molecular weight excluding hydrogens is 164 g/mol. The summed E-state index contributed by atoms with van der Waals surface area (Å²) in [5.74, 6) is 1.07. The van der Waals surface area contributed by atoms with Crippen molar-refractivity contribution in [2.24, 2.45) is 0 Å². The van der Waals surface area contributed by atoms with Crippen molar-refractivity contribution in [3.63, 3.8) is 0 Å². The van der Waals surface area contributed by atoms with Crippen LogP contribution in [0.1, 0.15) is 25.6 Å². The molecule has 0 saturated heterocycles. The number of hydrogen-bond donors (Lipinski definition) is 2. The van der Waals surface area contributed by atoms with Crippen molar-refractivity contribution in [3.8, 4) is 0 Å². The van der Waals surface area contributed by atoms with Gasteiger partial charge in [0.25, 0.3) is 0 Å². The van der Waals surface area contributed by atoms with Gasteiger partial charge in [-0.2, -0.15) is 5.10 Å². The van der Waals surface area contributed by atoms with Gasteiger partial charge in [-0.1, -0.05) is 0 Å². The van der Waals surface area contributed by atoms with Crippen LogP contribution >= 0.6 is 0 Å². The Morgan fingerprint density at radius 3 is 2.54 bits per heavy atom. The van der Waals surface area contributed by atoms with E-state index in [2.05, 4.69) is 35.6 Å². The van der Waals surface area contributed by atoms with Gasteiger partial charge in [-0.25, -0.2) is 4.68 Å². The largest absolute Gasteiger partial charge is 0.373 e. The minimum Gasteiger partial charge on any atom is -0.373 e. The van der Waals surface area contributed by atoms with Crippen LogP contribution in [0.15, 0.2) is 6.07 Å². The average Bonchev–Trinajstić information content (AvgIpc) is 2.48. The highest BCUT2D eigenvalue weighted by Crippen LogP contribution is 2.15. The zero-order chi connectivity index (χ0) is 9.84. The lowest BCUT2D eigenvalue weighted by Gasteiger charge is -2.09. The molecule has 1 heterocycles.